The molecule has 0 aliphatic carbocycles. The minimum Gasteiger partial charge on any atom is -0.309 e. The van der Waals surface area contributed by atoms with Crippen LogP contribution in [0.3, 0.4) is 0 Å². The molecule has 2 unspecified atom stereocenters. The van der Waals surface area contributed by atoms with Gasteiger partial charge in [-0.3, -0.25) is 0 Å². The second-order valence-electron chi connectivity index (χ2n) is 5.22. The van der Waals surface area contributed by atoms with Crippen LogP contribution in [0, 0.1) is 6.92 Å². The molecule has 0 saturated carbocycles. The van der Waals surface area contributed by atoms with Gasteiger partial charge in [0, 0.05) is 25.2 Å². The topological polar surface area (TPSA) is 49.4 Å². The standard InChI is InChI=1S/C13H19ClN2O2S/c1-9-4-5-13(12(14)6-9)19(17,18)16-7-10(2)15-11(3)8-16/h4-6,10-11,15H,7-8H2,1-3H3. The Morgan fingerprint density at radius 3 is 2.37 bits per heavy atom. The van der Waals surface area contributed by atoms with Crippen molar-refractivity contribution in [3.8, 4) is 0 Å². The molecule has 6 heteroatoms. The van der Waals surface area contributed by atoms with Crippen molar-refractivity contribution in [3.63, 3.8) is 0 Å². The van der Waals surface area contributed by atoms with Gasteiger partial charge < -0.3 is 5.32 Å². The van der Waals surface area contributed by atoms with Crippen LogP contribution in [0.2, 0.25) is 5.02 Å². The van der Waals surface area contributed by atoms with E-state index < -0.39 is 10.0 Å². The summed E-state index contributed by atoms with van der Waals surface area (Å²) >= 11 is 6.08. The minimum absolute atomic E-state index is 0.141. The summed E-state index contributed by atoms with van der Waals surface area (Å²) in [6.45, 7) is 6.79. The number of rotatable bonds is 2. The van der Waals surface area contributed by atoms with Crippen LogP contribution in [0.4, 0.5) is 0 Å². The molecule has 1 heterocycles. The average molecular weight is 303 g/mol. The average Bonchev–Trinajstić information content (AvgIpc) is 2.26. The van der Waals surface area contributed by atoms with E-state index in [2.05, 4.69) is 5.32 Å². The molecule has 1 N–H and O–H groups in total. The maximum absolute atomic E-state index is 12.6. The molecule has 106 valence electrons. The van der Waals surface area contributed by atoms with E-state index in [0.717, 1.165) is 5.56 Å². The molecule has 4 nitrogen and oxygen atoms in total. The van der Waals surface area contributed by atoms with E-state index in [1.54, 1.807) is 18.2 Å². The third-order valence-corrected chi connectivity index (χ3v) is 5.54. The van der Waals surface area contributed by atoms with Crippen molar-refractivity contribution in [1.29, 1.82) is 0 Å². The SMILES string of the molecule is Cc1ccc(S(=O)(=O)N2CC(C)NC(C)C2)c(Cl)c1. The van der Waals surface area contributed by atoms with Crippen LogP contribution in [0.25, 0.3) is 0 Å². The number of sulfonamides is 1. The molecule has 1 aromatic carbocycles. The van der Waals surface area contributed by atoms with Crippen molar-refractivity contribution >= 4 is 21.6 Å². The molecule has 0 radical (unpaired) electrons. The lowest BCUT2D eigenvalue weighted by atomic mass is 10.2. The largest absolute Gasteiger partial charge is 0.309 e. The summed E-state index contributed by atoms with van der Waals surface area (Å²) in [5.41, 5.74) is 0.950. The fourth-order valence-electron chi connectivity index (χ4n) is 2.43. The van der Waals surface area contributed by atoms with E-state index in [9.17, 15) is 8.42 Å². The predicted molar refractivity (Wildman–Crippen MR) is 77.0 cm³/mol. The van der Waals surface area contributed by atoms with Crippen molar-refractivity contribution in [2.75, 3.05) is 13.1 Å². The molecule has 1 aromatic rings. The first-order valence-electron chi connectivity index (χ1n) is 6.33. The van der Waals surface area contributed by atoms with Gasteiger partial charge in [-0.05, 0) is 38.5 Å². The fourth-order valence-corrected chi connectivity index (χ4v) is 4.62. The normalized spacial score (nSPS) is 25.5. The summed E-state index contributed by atoms with van der Waals surface area (Å²) in [5.74, 6) is 0. The van der Waals surface area contributed by atoms with Crippen molar-refractivity contribution < 1.29 is 8.42 Å². The maximum Gasteiger partial charge on any atom is 0.244 e. The summed E-state index contributed by atoms with van der Waals surface area (Å²) in [4.78, 5) is 0.195. The van der Waals surface area contributed by atoms with Gasteiger partial charge >= 0.3 is 0 Å². The van der Waals surface area contributed by atoms with Crippen LogP contribution in [0.5, 0.6) is 0 Å². The zero-order chi connectivity index (χ0) is 14.2. The molecule has 19 heavy (non-hydrogen) atoms. The lowest BCUT2D eigenvalue weighted by Gasteiger charge is -2.35. The van der Waals surface area contributed by atoms with Gasteiger partial charge in [-0.2, -0.15) is 4.31 Å². The van der Waals surface area contributed by atoms with E-state index in [0.29, 0.717) is 18.1 Å². The molecule has 0 aromatic heterocycles. The maximum atomic E-state index is 12.6. The molecule has 1 saturated heterocycles. The Labute approximate surface area is 119 Å². The highest BCUT2D eigenvalue weighted by molar-refractivity contribution is 7.89. The molecular weight excluding hydrogens is 284 g/mol. The molecule has 1 fully saturated rings. The molecule has 0 spiro atoms. The highest BCUT2D eigenvalue weighted by atomic mass is 35.5. The Bertz CT molecular complexity index is 564. The summed E-state index contributed by atoms with van der Waals surface area (Å²) in [6, 6.07) is 5.33. The molecule has 0 bridgehead atoms. The van der Waals surface area contributed by atoms with Crippen LogP contribution in [0.1, 0.15) is 19.4 Å². The van der Waals surface area contributed by atoms with E-state index >= 15 is 0 Å². The third-order valence-electron chi connectivity index (χ3n) is 3.23. The first-order chi connectivity index (χ1) is 8.80. The summed E-state index contributed by atoms with van der Waals surface area (Å²) < 4.78 is 26.8. The third kappa shape index (κ3) is 3.11. The first-order valence-corrected chi connectivity index (χ1v) is 8.15. The van der Waals surface area contributed by atoms with Crippen molar-refractivity contribution in [3.05, 3.63) is 28.8 Å². The van der Waals surface area contributed by atoms with Gasteiger partial charge in [0.05, 0.1) is 5.02 Å². The zero-order valence-corrected chi connectivity index (χ0v) is 12.9. The highest BCUT2D eigenvalue weighted by Gasteiger charge is 2.32. The van der Waals surface area contributed by atoms with E-state index in [-0.39, 0.29) is 17.0 Å². The Balaban J connectivity index is 2.36. The first kappa shape index (κ1) is 14.8. The number of piperazine rings is 1. The molecule has 2 atom stereocenters. The van der Waals surface area contributed by atoms with Gasteiger partial charge in [0.2, 0.25) is 10.0 Å². The van der Waals surface area contributed by atoms with E-state index in [1.165, 1.54) is 4.31 Å². The Morgan fingerprint density at radius 1 is 1.26 bits per heavy atom. The van der Waals surface area contributed by atoms with Gasteiger partial charge in [0.1, 0.15) is 4.90 Å². The van der Waals surface area contributed by atoms with Crippen molar-refractivity contribution in [2.45, 2.75) is 37.8 Å². The zero-order valence-electron chi connectivity index (χ0n) is 11.4. The van der Waals surface area contributed by atoms with Crippen LogP contribution in [-0.4, -0.2) is 37.9 Å². The number of nitrogens with one attached hydrogen (secondary N) is 1. The summed E-state index contributed by atoms with van der Waals surface area (Å²) in [5, 5.41) is 3.61. The van der Waals surface area contributed by atoms with E-state index in [1.807, 2.05) is 20.8 Å². The lowest BCUT2D eigenvalue weighted by molar-refractivity contribution is 0.263. The number of hydrogen-bond donors (Lipinski definition) is 1. The molecule has 1 aliphatic rings. The lowest BCUT2D eigenvalue weighted by Crippen LogP contribution is -2.55. The quantitative estimate of drug-likeness (QED) is 0.909. The van der Waals surface area contributed by atoms with Crippen LogP contribution in [0.15, 0.2) is 23.1 Å². The van der Waals surface area contributed by atoms with Gasteiger partial charge in [0.25, 0.3) is 0 Å². The van der Waals surface area contributed by atoms with Crippen molar-refractivity contribution in [1.82, 2.24) is 9.62 Å². The Hall–Kier alpha value is -0.620. The minimum atomic E-state index is -3.51. The van der Waals surface area contributed by atoms with E-state index in [4.69, 9.17) is 11.6 Å². The summed E-state index contributed by atoms with van der Waals surface area (Å²) in [6.07, 6.45) is 0. The van der Waals surface area contributed by atoms with Gasteiger partial charge in [-0.15, -0.1) is 0 Å². The number of aryl methyl sites for hydroxylation is 1. The Morgan fingerprint density at radius 2 is 1.84 bits per heavy atom. The van der Waals surface area contributed by atoms with Crippen LogP contribution >= 0.6 is 11.6 Å². The number of benzene rings is 1. The Kier molecular flexibility index (Phi) is 4.20. The molecular formula is C13H19ClN2O2S. The molecule has 1 aliphatic heterocycles. The van der Waals surface area contributed by atoms with Gasteiger partial charge in [-0.25, -0.2) is 8.42 Å². The van der Waals surface area contributed by atoms with Crippen LogP contribution in [-0.2, 0) is 10.0 Å². The second kappa shape index (κ2) is 5.40. The van der Waals surface area contributed by atoms with Gasteiger partial charge in [0.15, 0.2) is 0 Å². The van der Waals surface area contributed by atoms with Crippen molar-refractivity contribution in [2.24, 2.45) is 0 Å². The number of halogens is 1. The van der Waals surface area contributed by atoms with Crippen LogP contribution < -0.4 is 5.32 Å². The fraction of sp³-hybridized carbons (Fsp3) is 0.538. The predicted octanol–water partition coefficient (Wildman–Crippen LogP) is 2.02. The summed E-state index contributed by atoms with van der Waals surface area (Å²) in [7, 11) is -3.51. The molecule has 2 rings (SSSR count). The number of nitrogens with zero attached hydrogens (tertiary/aromatic N) is 1. The highest BCUT2D eigenvalue weighted by Crippen LogP contribution is 2.26. The van der Waals surface area contributed by atoms with Gasteiger partial charge in [-0.1, -0.05) is 17.7 Å². The molecule has 0 amide bonds. The smallest absolute Gasteiger partial charge is 0.244 e. The number of hydrogen-bond acceptors (Lipinski definition) is 3. The monoisotopic (exact) mass is 302 g/mol. The second-order valence-corrected chi connectivity index (χ2v) is 7.54.